The van der Waals surface area contributed by atoms with Gasteiger partial charge in [0.2, 0.25) is 0 Å². The Morgan fingerprint density at radius 1 is 1.40 bits per heavy atom. The minimum absolute atomic E-state index is 0.0803. The maximum absolute atomic E-state index is 11.4. The summed E-state index contributed by atoms with van der Waals surface area (Å²) in [4.78, 5) is 23.4. The second-order valence-corrected chi connectivity index (χ2v) is 3.51. The number of anilines is 1. The normalized spacial score (nSPS) is 20.2. The lowest BCUT2D eigenvalue weighted by Crippen LogP contribution is -2.23. The number of amides is 1. The molecule has 0 aliphatic carbocycles. The van der Waals surface area contributed by atoms with Crippen LogP contribution in [-0.2, 0) is 4.74 Å². The number of cyclic esters (lactones) is 1. The van der Waals surface area contributed by atoms with Crippen LogP contribution in [0.15, 0.2) is 24.3 Å². The average Bonchev–Trinajstić information content (AvgIpc) is 2.58. The molecule has 1 heterocycles. The predicted octanol–water partition coefficient (Wildman–Crippen LogP) is 1.84. The minimum atomic E-state index is -0.332. The van der Waals surface area contributed by atoms with Crippen molar-refractivity contribution in [3.05, 3.63) is 29.8 Å². The molecule has 0 spiro atoms. The zero-order valence-electron chi connectivity index (χ0n) is 8.34. The smallest absolute Gasteiger partial charge is 0.414 e. The first-order valence-electron chi connectivity index (χ1n) is 4.74. The molecule has 2 rings (SSSR count). The molecule has 1 amide bonds. The minimum Gasteiger partial charge on any atom is -0.444 e. The van der Waals surface area contributed by atoms with Gasteiger partial charge in [0.1, 0.15) is 12.4 Å². The molecule has 1 fully saturated rings. The molecule has 0 aromatic heterocycles. The van der Waals surface area contributed by atoms with Crippen LogP contribution >= 0.6 is 0 Å². The van der Waals surface area contributed by atoms with Crippen molar-refractivity contribution >= 4 is 18.1 Å². The Morgan fingerprint density at radius 3 is 2.53 bits per heavy atom. The van der Waals surface area contributed by atoms with Gasteiger partial charge in [0, 0.05) is 11.3 Å². The molecule has 78 valence electrons. The summed E-state index contributed by atoms with van der Waals surface area (Å²) in [6.07, 6.45) is 0.360. The molecule has 1 saturated heterocycles. The number of aldehydes is 1. The Hall–Kier alpha value is -1.84. The third-order valence-electron chi connectivity index (χ3n) is 2.30. The van der Waals surface area contributed by atoms with Gasteiger partial charge in [-0.2, -0.15) is 0 Å². The van der Waals surface area contributed by atoms with Crippen molar-refractivity contribution in [2.45, 2.75) is 13.0 Å². The maximum atomic E-state index is 11.4. The molecule has 1 aliphatic heterocycles. The van der Waals surface area contributed by atoms with Crippen LogP contribution in [0.2, 0.25) is 0 Å². The molecule has 1 aromatic carbocycles. The third-order valence-corrected chi connectivity index (χ3v) is 2.30. The van der Waals surface area contributed by atoms with Crippen LogP contribution in [0.1, 0.15) is 17.3 Å². The van der Waals surface area contributed by atoms with Crippen LogP contribution in [0.5, 0.6) is 0 Å². The fourth-order valence-corrected chi connectivity index (χ4v) is 1.55. The Kier molecular flexibility index (Phi) is 2.41. The van der Waals surface area contributed by atoms with E-state index in [1.807, 2.05) is 6.92 Å². The maximum Gasteiger partial charge on any atom is 0.414 e. The van der Waals surface area contributed by atoms with Crippen molar-refractivity contribution in [1.29, 1.82) is 0 Å². The lowest BCUT2D eigenvalue weighted by atomic mass is 10.2. The Labute approximate surface area is 87.4 Å². The van der Waals surface area contributed by atoms with Crippen LogP contribution in [0, 0.1) is 0 Å². The topological polar surface area (TPSA) is 46.6 Å². The van der Waals surface area contributed by atoms with E-state index in [1.165, 1.54) is 0 Å². The van der Waals surface area contributed by atoms with Crippen LogP contribution in [0.4, 0.5) is 10.5 Å². The number of carbonyl (C=O) groups is 2. The van der Waals surface area contributed by atoms with Crippen molar-refractivity contribution in [3.63, 3.8) is 0 Å². The first-order valence-corrected chi connectivity index (χ1v) is 4.74. The van der Waals surface area contributed by atoms with Crippen LogP contribution in [0.3, 0.4) is 0 Å². The van der Waals surface area contributed by atoms with Crippen LogP contribution < -0.4 is 4.90 Å². The number of rotatable bonds is 2. The van der Waals surface area contributed by atoms with Crippen molar-refractivity contribution < 1.29 is 14.3 Å². The second-order valence-electron chi connectivity index (χ2n) is 3.51. The fourth-order valence-electron chi connectivity index (χ4n) is 1.55. The number of ether oxygens (including phenoxy) is 1. The second kappa shape index (κ2) is 3.73. The van der Waals surface area contributed by atoms with E-state index < -0.39 is 0 Å². The molecule has 4 heteroatoms. The summed E-state index contributed by atoms with van der Waals surface area (Å²) in [5, 5.41) is 0. The number of nitrogens with zero attached hydrogens (tertiary/aromatic N) is 1. The highest BCUT2D eigenvalue weighted by Gasteiger charge is 2.28. The van der Waals surface area contributed by atoms with E-state index in [-0.39, 0.29) is 12.2 Å². The molecular weight excluding hydrogens is 194 g/mol. The van der Waals surface area contributed by atoms with Gasteiger partial charge < -0.3 is 4.74 Å². The summed E-state index contributed by atoms with van der Waals surface area (Å²) in [5.41, 5.74) is 1.36. The monoisotopic (exact) mass is 205 g/mol. The summed E-state index contributed by atoms with van der Waals surface area (Å²) in [6.45, 7) is 2.40. The Morgan fingerprint density at radius 2 is 2.07 bits per heavy atom. The van der Waals surface area contributed by atoms with Crippen LogP contribution in [0.25, 0.3) is 0 Å². The highest BCUT2D eigenvalue weighted by molar-refractivity contribution is 5.90. The summed E-state index contributed by atoms with van der Waals surface area (Å²) in [6, 6.07) is 6.84. The number of hydrogen-bond acceptors (Lipinski definition) is 3. The first-order chi connectivity index (χ1) is 7.20. The van der Waals surface area contributed by atoms with Gasteiger partial charge in [0.05, 0.1) is 6.54 Å². The molecule has 4 nitrogen and oxygen atoms in total. The Balaban J connectivity index is 2.22. The van der Waals surface area contributed by atoms with Gasteiger partial charge in [-0.1, -0.05) is 0 Å². The molecule has 0 bridgehead atoms. The molecule has 1 aromatic rings. The summed E-state index contributed by atoms with van der Waals surface area (Å²) in [7, 11) is 0. The van der Waals surface area contributed by atoms with E-state index in [4.69, 9.17) is 4.74 Å². The van der Waals surface area contributed by atoms with Gasteiger partial charge in [0.25, 0.3) is 0 Å². The predicted molar refractivity (Wildman–Crippen MR) is 55.1 cm³/mol. The Bertz CT molecular complexity index is 385. The molecule has 1 aliphatic rings. The summed E-state index contributed by atoms with van der Waals surface area (Å²) < 4.78 is 5.00. The molecule has 0 saturated carbocycles. The van der Waals surface area contributed by atoms with Gasteiger partial charge in [0.15, 0.2) is 0 Å². The molecule has 0 radical (unpaired) electrons. The molecule has 0 N–H and O–H groups in total. The highest BCUT2D eigenvalue weighted by Crippen LogP contribution is 2.21. The van der Waals surface area contributed by atoms with Gasteiger partial charge in [-0.05, 0) is 31.2 Å². The third kappa shape index (κ3) is 1.83. The van der Waals surface area contributed by atoms with E-state index >= 15 is 0 Å². The van der Waals surface area contributed by atoms with E-state index in [0.29, 0.717) is 12.1 Å². The van der Waals surface area contributed by atoms with Crippen molar-refractivity contribution in [2.24, 2.45) is 0 Å². The molecular formula is C11H11NO3. The average molecular weight is 205 g/mol. The zero-order chi connectivity index (χ0) is 10.8. The van der Waals surface area contributed by atoms with Crippen molar-refractivity contribution in [1.82, 2.24) is 0 Å². The largest absolute Gasteiger partial charge is 0.444 e. The fraction of sp³-hybridized carbons (Fsp3) is 0.273. The lowest BCUT2D eigenvalue weighted by molar-refractivity contribution is 0.112. The quantitative estimate of drug-likeness (QED) is 0.692. The summed E-state index contributed by atoms with van der Waals surface area (Å²) in [5.74, 6) is 0. The molecule has 1 unspecified atom stereocenters. The van der Waals surface area contributed by atoms with E-state index in [2.05, 4.69) is 0 Å². The van der Waals surface area contributed by atoms with Gasteiger partial charge in [-0.25, -0.2) is 4.79 Å². The highest BCUT2D eigenvalue weighted by atomic mass is 16.6. The molecule has 1 atom stereocenters. The zero-order valence-corrected chi connectivity index (χ0v) is 8.34. The van der Waals surface area contributed by atoms with E-state index in [1.54, 1.807) is 29.2 Å². The molecule has 15 heavy (non-hydrogen) atoms. The van der Waals surface area contributed by atoms with E-state index in [9.17, 15) is 9.59 Å². The standard InChI is InChI=1S/C11H11NO3/c1-8-6-12(11(14)15-8)10-4-2-9(7-13)3-5-10/h2-5,7-8H,6H2,1H3. The summed E-state index contributed by atoms with van der Waals surface area (Å²) >= 11 is 0. The van der Waals surface area contributed by atoms with Crippen molar-refractivity contribution in [3.8, 4) is 0 Å². The van der Waals surface area contributed by atoms with Crippen LogP contribution in [-0.4, -0.2) is 25.0 Å². The first kappa shape index (κ1) is 9.71. The van der Waals surface area contributed by atoms with Gasteiger partial charge in [-0.15, -0.1) is 0 Å². The van der Waals surface area contributed by atoms with Gasteiger partial charge in [-0.3, -0.25) is 9.69 Å². The number of benzene rings is 1. The SMILES string of the molecule is CC1CN(c2ccc(C=O)cc2)C(=O)O1. The lowest BCUT2D eigenvalue weighted by Gasteiger charge is -2.12. The van der Waals surface area contributed by atoms with Crippen molar-refractivity contribution in [2.75, 3.05) is 11.4 Å². The number of hydrogen-bond donors (Lipinski definition) is 0. The number of carbonyl (C=O) groups excluding carboxylic acids is 2. The van der Waals surface area contributed by atoms with E-state index in [0.717, 1.165) is 12.0 Å². The van der Waals surface area contributed by atoms with Gasteiger partial charge >= 0.3 is 6.09 Å².